The smallest absolute Gasteiger partial charge is 0.299 e. The lowest BCUT2D eigenvalue weighted by Gasteiger charge is -2.09. The van der Waals surface area contributed by atoms with E-state index in [0.717, 1.165) is 0 Å². The van der Waals surface area contributed by atoms with E-state index in [1.54, 1.807) is 6.92 Å². The lowest BCUT2D eigenvalue weighted by Crippen LogP contribution is -2.11. The fourth-order valence-electron chi connectivity index (χ4n) is 1.19. The zero-order valence-electron chi connectivity index (χ0n) is 8.91. The summed E-state index contributed by atoms with van der Waals surface area (Å²) in [6, 6.07) is 0. The minimum atomic E-state index is -3.15. The van der Waals surface area contributed by atoms with Crippen molar-refractivity contribution in [2.75, 3.05) is 0 Å². The predicted molar refractivity (Wildman–Crippen MR) is 51.6 cm³/mol. The normalized spacial score (nSPS) is 12.2. The van der Waals surface area contributed by atoms with Crippen molar-refractivity contribution in [3.8, 4) is 0 Å². The second-order valence-corrected chi connectivity index (χ2v) is 3.20. The van der Waals surface area contributed by atoms with E-state index in [4.69, 9.17) is 0 Å². The van der Waals surface area contributed by atoms with Crippen molar-refractivity contribution in [2.45, 2.75) is 26.8 Å². The molecule has 0 aliphatic carbocycles. The molecule has 0 bridgehead atoms. The number of halogens is 2. The SMILES string of the molecule is CCn1cc(/C([O-])=C/C(=O)C(F)F)c(C)n1. The maximum atomic E-state index is 11.9. The molecule has 0 spiro atoms. The number of aryl methyl sites for hydroxylation is 2. The number of alkyl halides is 2. The van der Waals surface area contributed by atoms with Gasteiger partial charge >= 0.3 is 0 Å². The van der Waals surface area contributed by atoms with E-state index in [-0.39, 0.29) is 5.56 Å². The Labute approximate surface area is 91.2 Å². The van der Waals surface area contributed by atoms with Crippen LogP contribution in [0.3, 0.4) is 0 Å². The summed E-state index contributed by atoms with van der Waals surface area (Å²) in [5.74, 6) is -2.21. The maximum Gasteiger partial charge on any atom is 0.299 e. The van der Waals surface area contributed by atoms with Crippen molar-refractivity contribution in [3.05, 3.63) is 23.5 Å². The molecule has 0 saturated carbocycles. The van der Waals surface area contributed by atoms with Gasteiger partial charge in [0, 0.05) is 18.3 Å². The Hall–Kier alpha value is -1.72. The highest BCUT2D eigenvalue weighted by Crippen LogP contribution is 2.13. The Morgan fingerprint density at radius 1 is 1.69 bits per heavy atom. The van der Waals surface area contributed by atoms with Crippen molar-refractivity contribution in [1.29, 1.82) is 0 Å². The first-order valence-electron chi connectivity index (χ1n) is 4.70. The van der Waals surface area contributed by atoms with Gasteiger partial charge in [-0.15, -0.1) is 0 Å². The first kappa shape index (κ1) is 12.4. The van der Waals surface area contributed by atoms with E-state index in [9.17, 15) is 18.7 Å². The molecule has 0 atom stereocenters. The number of hydrogen-bond acceptors (Lipinski definition) is 3. The molecule has 88 valence electrons. The Morgan fingerprint density at radius 2 is 2.31 bits per heavy atom. The van der Waals surface area contributed by atoms with Gasteiger partial charge in [-0.2, -0.15) is 5.10 Å². The van der Waals surface area contributed by atoms with Gasteiger partial charge in [0.25, 0.3) is 6.43 Å². The van der Waals surface area contributed by atoms with Crippen LogP contribution in [0.25, 0.3) is 5.76 Å². The van der Waals surface area contributed by atoms with Crippen LogP contribution in [0, 0.1) is 6.92 Å². The van der Waals surface area contributed by atoms with Crippen LogP contribution in [0.2, 0.25) is 0 Å². The standard InChI is InChI=1S/C10H12F2N2O2/c1-3-14-5-7(6(2)13-14)8(15)4-9(16)10(11)12/h4-5,10,15H,3H2,1-2H3/p-1/b8-4-. The molecule has 0 fully saturated rings. The highest BCUT2D eigenvalue weighted by atomic mass is 19.3. The molecular formula is C10H11F2N2O2-. The van der Waals surface area contributed by atoms with Crippen LogP contribution in [0.15, 0.2) is 12.3 Å². The number of rotatable bonds is 4. The molecular weight excluding hydrogens is 218 g/mol. The van der Waals surface area contributed by atoms with Crippen molar-refractivity contribution < 1.29 is 18.7 Å². The maximum absolute atomic E-state index is 11.9. The van der Waals surface area contributed by atoms with Crippen LogP contribution in [-0.2, 0) is 11.3 Å². The summed E-state index contributed by atoms with van der Waals surface area (Å²) in [5, 5.41) is 15.4. The Bertz CT molecular complexity index is 424. The quantitative estimate of drug-likeness (QED) is 0.565. The molecule has 0 radical (unpaired) electrons. The molecule has 1 aromatic rings. The van der Waals surface area contributed by atoms with Gasteiger partial charge in [0.05, 0.1) is 5.69 Å². The number of nitrogens with zero attached hydrogens (tertiary/aromatic N) is 2. The number of ketones is 1. The molecule has 0 aliphatic heterocycles. The monoisotopic (exact) mass is 229 g/mol. The zero-order chi connectivity index (χ0) is 12.3. The summed E-state index contributed by atoms with van der Waals surface area (Å²) in [7, 11) is 0. The van der Waals surface area contributed by atoms with Crippen molar-refractivity contribution in [3.63, 3.8) is 0 Å². The minimum absolute atomic E-state index is 0.177. The molecule has 1 aromatic heterocycles. The number of carbonyl (C=O) groups excluding carboxylic acids is 1. The molecule has 1 heterocycles. The third kappa shape index (κ3) is 2.65. The summed E-state index contributed by atoms with van der Waals surface area (Å²) < 4.78 is 25.3. The molecule has 0 amide bonds. The van der Waals surface area contributed by atoms with Gasteiger partial charge in [-0.1, -0.05) is 5.76 Å². The van der Waals surface area contributed by atoms with Crippen molar-refractivity contribution in [1.82, 2.24) is 9.78 Å². The molecule has 4 nitrogen and oxygen atoms in total. The summed E-state index contributed by atoms with van der Waals surface area (Å²) in [6.07, 6.45) is -1.30. The van der Waals surface area contributed by atoms with Gasteiger partial charge in [-0.3, -0.25) is 9.48 Å². The second kappa shape index (κ2) is 4.87. The summed E-state index contributed by atoms with van der Waals surface area (Å²) in [6.45, 7) is 3.98. The summed E-state index contributed by atoms with van der Waals surface area (Å²) in [4.78, 5) is 10.7. The Morgan fingerprint density at radius 3 is 2.75 bits per heavy atom. The van der Waals surface area contributed by atoms with Crippen molar-refractivity contribution in [2.24, 2.45) is 0 Å². The zero-order valence-corrected chi connectivity index (χ0v) is 8.91. The Balaban J connectivity index is 2.99. The van der Waals surface area contributed by atoms with Crippen LogP contribution in [0.4, 0.5) is 8.78 Å². The van der Waals surface area contributed by atoms with Crippen LogP contribution in [0.5, 0.6) is 0 Å². The molecule has 0 saturated heterocycles. The molecule has 0 aliphatic rings. The predicted octanol–water partition coefficient (Wildman–Crippen LogP) is 0.747. The molecule has 0 N–H and O–H groups in total. The van der Waals surface area contributed by atoms with Crippen LogP contribution in [-0.4, -0.2) is 22.0 Å². The highest BCUT2D eigenvalue weighted by Gasteiger charge is 2.12. The van der Waals surface area contributed by atoms with Gasteiger partial charge in [-0.25, -0.2) is 8.78 Å². The molecule has 16 heavy (non-hydrogen) atoms. The fourth-order valence-corrected chi connectivity index (χ4v) is 1.19. The molecule has 0 unspecified atom stereocenters. The topological polar surface area (TPSA) is 58.0 Å². The van der Waals surface area contributed by atoms with Gasteiger partial charge in [0.1, 0.15) is 0 Å². The first-order valence-corrected chi connectivity index (χ1v) is 4.70. The van der Waals surface area contributed by atoms with Gasteiger partial charge in [0.2, 0.25) is 5.78 Å². The third-order valence-corrected chi connectivity index (χ3v) is 2.02. The fraction of sp³-hybridized carbons (Fsp3) is 0.400. The van der Waals surface area contributed by atoms with Crippen molar-refractivity contribution >= 4 is 11.5 Å². The van der Waals surface area contributed by atoms with Crippen LogP contribution in [0.1, 0.15) is 18.2 Å². The van der Waals surface area contributed by atoms with E-state index in [1.165, 1.54) is 10.9 Å². The number of allylic oxidation sites excluding steroid dienone is 1. The lowest BCUT2D eigenvalue weighted by molar-refractivity contribution is -0.244. The van der Waals surface area contributed by atoms with E-state index in [1.807, 2.05) is 6.92 Å². The highest BCUT2D eigenvalue weighted by molar-refractivity contribution is 5.97. The second-order valence-electron chi connectivity index (χ2n) is 3.20. The average Bonchev–Trinajstić information content (AvgIpc) is 2.59. The van der Waals surface area contributed by atoms with Gasteiger partial charge in [0.15, 0.2) is 0 Å². The Kier molecular flexibility index (Phi) is 3.76. The lowest BCUT2D eigenvalue weighted by atomic mass is 10.2. The first-order chi connectivity index (χ1) is 7.45. The van der Waals surface area contributed by atoms with Gasteiger partial charge in [-0.05, 0) is 19.9 Å². The van der Waals surface area contributed by atoms with Gasteiger partial charge < -0.3 is 5.11 Å². The average molecular weight is 229 g/mol. The van der Waals surface area contributed by atoms with E-state index >= 15 is 0 Å². The van der Waals surface area contributed by atoms with E-state index in [2.05, 4.69) is 5.10 Å². The van der Waals surface area contributed by atoms with Crippen LogP contribution >= 0.6 is 0 Å². The summed E-state index contributed by atoms with van der Waals surface area (Å²) in [5.41, 5.74) is 0.598. The van der Waals surface area contributed by atoms with E-state index < -0.39 is 18.0 Å². The molecule has 0 aromatic carbocycles. The third-order valence-electron chi connectivity index (χ3n) is 2.02. The largest absolute Gasteiger partial charge is 0.872 e. The number of aromatic nitrogens is 2. The van der Waals surface area contributed by atoms with E-state index in [0.29, 0.717) is 18.3 Å². The molecule has 6 heteroatoms. The number of hydrogen-bond donors (Lipinski definition) is 0. The molecule has 1 rings (SSSR count). The number of carbonyl (C=O) groups is 1. The minimum Gasteiger partial charge on any atom is -0.872 e. The van der Waals surface area contributed by atoms with Crippen LogP contribution < -0.4 is 5.11 Å². The summed E-state index contributed by atoms with van der Waals surface area (Å²) >= 11 is 0.